The van der Waals surface area contributed by atoms with Crippen molar-refractivity contribution in [1.29, 1.82) is 0 Å². The minimum Gasteiger partial charge on any atom is -0.481 e. The zero-order valence-corrected chi connectivity index (χ0v) is 33.9. The van der Waals surface area contributed by atoms with Crippen LogP contribution in [0.5, 0.6) is 0 Å². The van der Waals surface area contributed by atoms with E-state index in [9.17, 15) is 14.7 Å². The van der Waals surface area contributed by atoms with E-state index in [1.807, 2.05) is 43.1 Å². The van der Waals surface area contributed by atoms with Crippen molar-refractivity contribution in [1.82, 2.24) is 44.1 Å². The number of carbonyl (C=O) groups excluding carboxylic acids is 1. The molecule has 8 aromatic rings. The van der Waals surface area contributed by atoms with Crippen molar-refractivity contribution in [2.24, 2.45) is 11.8 Å². The van der Waals surface area contributed by atoms with Gasteiger partial charge in [-0.15, -0.1) is 22.7 Å². The number of amides is 1. The van der Waals surface area contributed by atoms with E-state index >= 15 is 0 Å². The molecule has 0 aliphatic heterocycles. The molecule has 2 aliphatic carbocycles. The van der Waals surface area contributed by atoms with Gasteiger partial charge in [-0.05, 0) is 80.8 Å². The Bertz CT molecular complexity index is 2850. The number of aromatic nitrogens is 8. The van der Waals surface area contributed by atoms with Crippen molar-refractivity contribution in [2.45, 2.75) is 45.4 Å². The second-order valence-corrected chi connectivity index (χ2v) is 17.1. The van der Waals surface area contributed by atoms with E-state index in [0.717, 1.165) is 84.9 Å². The first kappa shape index (κ1) is 37.2. The molecular weight excluding hydrogens is 806 g/mol. The zero-order chi connectivity index (χ0) is 39.4. The van der Waals surface area contributed by atoms with Gasteiger partial charge in [-0.25, -0.2) is 29.0 Å². The van der Waals surface area contributed by atoms with Crippen molar-refractivity contribution in [3.63, 3.8) is 0 Å². The van der Waals surface area contributed by atoms with Crippen LogP contribution in [-0.2, 0) is 35.3 Å². The number of hydrogen-bond donors (Lipinski definition) is 3. The number of halogens is 2. The van der Waals surface area contributed by atoms with Crippen LogP contribution in [0.1, 0.15) is 40.6 Å². The highest BCUT2D eigenvalue weighted by Gasteiger charge is 2.31. The van der Waals surface area contributed by atoms with E-state index in [2.05, 4.69) is 40.8 Å². The normalized spacial score (nSPS) is 16.3. The molecule has 8 aromatic heterocycles. The number of anilines is 4. The highest BCUT2D eigenvalue weighted by Crippen LogP contribution is 2.43. The van der Waals surface area contributed by atoms with Gasteiger partial charge in [-0.3, -0.25) is 9.59 Å². The topological polar surface area (TPSA) is 168 Å². The molecule has 0 saturated heterocycles. The number of hydrogen-bond acceptors (Lipinski definition) is 12. The molecule has 290 valence electrons. The summed E-state index contributed by atoms with van der Waals surface area (Å²) in [4.78, 5) is 47.8. The monoisotopic (exact) mass is 839 g/mol. The molecule has 0 aromatic carbocycles. The number of aliphatic carboxylic acids is 1. The minimum absolute atomic E-state index is 0.0404. The van der Waals surface area contributed by atoms with Crippen LogP contribution in [0.25, 0.3) is 31.5 Å². The molecule has 3 N–H and O–H groups in total. The summed E-state index contributed by atoms with van der Waals surface area (Å²) in [5.74, 6) is 0.650. The molecule has 0 bridgehead atoms. The summed E-state index contributed by atoms with van der Waals surface area (Å²) < 4.78 is 3.45. The molecular formula is C39H35Cl2N11O3S2. The lowest BCUT2D eigenvalue weighted by Gasteiger charge is -2.26. The summed E-state index contributed by atoms with van der Waals surface area (Å²) in [5.41, 5.74) is 5.78. The smallest absolute Gasteiger partial charge is 0.306 e. The first-order valence-corrected chi connectivity index (χ1v) is 20.8. The third kappa shape index (κ3) is 7.00. The lowest BCUT2D eigenvalue weighted by Crippen LogP contribution is -2.35. The average molecular weight is 841 g/mol. The first-order valence-electron chi connectivity index (χ1n) is 18.4. The third-order valence-corrected chi connectivity index (χ3v) is 13.6. The fraction of sp³-hybridized carbons (Fsp3) is 0.282. The number of carbonyl (C=O) groups is 2. The predicted octanol–water partition coefficient (Wildman–Crippen LogP) is 8.24. The van der Waals surface area contributed by atoms with Gasteiger partial charge in [0.05, 0.1) is 49.1 Å². The highest BCUT2D eigenvalue weighted by atomic mass is 35.5. The summed E-state index contributed by atoms with van der Waals surface area (Å²) in [6.07, 6.45) is 14.4. The Labute approximate surface area is 343 Å². The summed E-state index contributed by atoms with van der Waals surface area (Å²) in [7, 11) is 1.87. The number of thiophene rings is 2. The molecule has 18 heteroatoms. The number of carboxylic acids is 1. The van der Waals surface area contributed by atoms with Gasteiger partial charge in [0, 0.05) is 54.1 Å². The Morgan fingerprint density at radius 1 is 0.807 bits per heavy atom. The first-order chi connectivity index (χ1) is 27.6. The number of rotatable bonds is 7. The zero-order valence-electron chi connectivity index (χ0n) is 30.7. The summed E-state index contributed by atoms with van der Waals surface area (Å²) in [6.45, 7) is 2.74. The molecule has 10 rings (SSSR count). The maximum atomic E-state index is 12.7. The quantitative estimate of drug-likeness (QED) is 0.141. The van der Waals surface area contributed by atoms with Gasteiger partial charge in [0.2, 0.25) is 5.91 Å². The number of pyridine rings is 2. The third-order valence-electron chi connectivity index (χ3n) is 10.7. The maximum Gasteiger partial charge on any atom is 0.306 e. The van der Waals surface area contributed by atoms with Gasteiger partial charge in [0.1, 0.15) is 34.0 Å². The van der Waals surface area contributed by atoms with Crippen LogP contribution in [0.4, 0.5) is 23.0 Å². The van der Waals surface area contributed by atoms with Crippen LogP contribution in [0, 0.1) is 11.8 Å². The summed E-state index contributed by atoms with van der Waals surface area (Å²) in [6, 6.07) is 7.70. The van der Waals surface area contributed by atoms with Crippen LogP contribution < -0.4 is 10.6 Å². The molecule has 0 spiro atoms. The Kier molecular flexibility index (Phi) is 9.88. The molecule has 8 heterocycles. The van der Waals surface area contributed by atoms with Gasteiger partial charge in [-0.1, -0.05) is 23.2 Å². The summed E-state index contributed by atoms with van der Waals surface area (Å²) in [5, 5.41) is 27.6. The Hall–Kier alpha value is -5.42. The molecule has 2 aliphatic rings. The van der Waals surface area contributed by atoms with Crippen LogP contribution in [-0.4, -0.2) is 74.6 Å². The SMILES string of the molecule is CCN(C)C(=O)[C@H]1CCc2c(sc3ncnc(Nc4cc5ccnn5cc4Cl)c23)C1.O=C(O)[C@H]1CCc2c(sc3ncnc(Nc4cc5ccnn5cc4Cl)c23)C1. The second kappa shape index (κ2) is 15.2. The van der Waals surface area contributed by atoms with Crippen molar-refractivity contribution < 1.29 is 14.7 Å². The highest BCUT2D eigenvalue weighted by molar-refractivity contribution is 7.19. The summed E-state index contributed by atoms with van der Waals surface area (Å²) >= 11 is 16.1. The van der Waals surface area contributed by atoms with E-state index in [1.165, 1.54) is 16.8 Å². The number of nitrogens with zero attached hydrogens (tertiary/aromatic N) is 9. The Morgan fingerprint density at radius 3 is 1.79 bits per heavy atom. The van der Waals surface area contributed by atoms with Crippen LogP contribution >= 0.6 is 45.9 Å². The van der Waals surface area contributed by atoms with Gasteiger partial charge in [-0.2, -0.15) is 10.2 Å². The van der Waals surface area contributed by atoms with Crippen molar-refractivity contribution in [2.75, 3.05) is 24.2 Å². The fourth-order valence-electron chi connectivity index (χ4n) is 7.63. The van der Waals surface area contributed by atoms with Crippen molar-refractivity contribution >= 4 is 112 Å². The Balaban J connectivity index is 0.000000149. The van der Waals surface area contributed by atoms with E-state index in [0.29, 0.717) is 35.1 Å². The molecule has 14 nitrogen and oxygen atoms in total. The van der Waals surface area contributed by atoms with Gasteiger partial charge in [0.25, 0.3) is 0 Å². The van der Waals surface area contributed by atoms with Crippen molar-refractivity contribution in [3.05, 3.63) is 92.6 Å². The van der Waals surface area contributed by atoms with E-state index in [1.54, 1.807) is 62.8 Å². The largest absolute Gasteiger partial charge is 0.481 e. The van der Waals surface area contributed by atoms with Crippen LogP contribution in [0.15, 0.2) is 61.7 Å². The lowest BCUT2D eigenvalue weighted by atomic mass is 9.87. The molecule has 0 unspecified atom stereocenters. The maximum absolute atomic E-state index is 12.7. The van der Waals surface area contributed by atoms with Gasteiger partial charge < -0.3 is 20.6 Å². The number of carboxylic acid groups (broad SMARTS) is 1. The fourth-order valence-corrected chi connectivity index (χ4v) is 10.5. The van der Waals surface area contributed by atoms with E-state index in [4.69, 9.17) is 23.2 Å². The average Bonchev–Trinajstić information content (AvgIpc) is 4.02. The van der Waals surface area contributed by atoms with Gasteiger partial charge >= 0.3 is 5.97 Å². The number of nitrogens with one attached hydrogen (secondary N) is 2. The predicted molar refractivity (Wildman–Crippen MR) is 224 cm³/mol. The van der Waals surface area contributed by atoms with E-state index < -0.39 is 5.97 Å². The number of aryl methyl sites for hydroxylation is 2. The van der Waals surface area contributed by atoms with E-state index in [-0.39, 0.29) is 17.7 Å². The minimum atomic E-state index is -0.733. The molecule has 0 fully saturated rings. The van der Waals surface area contributed by atoms with Crippen LogP contribution in [0.2, 0.25) is 10.0 Å². The van der Waals surface area contributed by atoms with Crippen LogP contribution in [0.3, 0.4) is 0 Å². The molecule has 0 saturated carbocycles. The lowest BCUT2D eigenvalue weighted by molar-refractivity contribution is -0.142. The standard InChI is InChI=1S/C21H21ClN6OS.C18H14ClN5O2S/c1-3-27(2)21(29)12-4-5-14-17(8-12)30-20-18(14)19(23-11-24-20)26-16-9-13-6-7-25-28(13)10-15(16)22;19-12-7-24-10(3-4-22-24)6-13(12)23-16-15-11-2-1-9(18(25)26)5-14(11)27-17(15)21-8-20-16/h6-7,9-12H,3-5,8H2,1-2H3,(H,23,24,26);3-4,6-9H,1-2,5H2,(H,25,26)(H,20,21,23)/t12-;9-/m00/s1. The Morgan fingerprint density at radius 2 is 1.30 bits per heavy atom. The molecule has 0 radical (unpaired) electrons. The van der Waals surface area contributed by atoms with Crippen molar-refractivity contribution in [3.8, 4) is 0 Å². The second-order valence-electron chi connectivity index (χ2n) is 14.1. The van der Waals surface area contributed by atoms with Gasteiger partial charge in [0.15, 0.2) is 0 Å². The number of fused-ring (bicyclic) bond motifs is 8. The molecule has 57 heavy (non-hydrogen) atoms. The molecule has 1 amide bonds. The molecule has 2 atom stereocenters.